The molecule has 0 spiro atoms. The van der Waals surface area contributed by atoms with Crippen LogP contribution in [0.2, 0.25) is 5.02 Å². The quantitative estimate of drug-likeness (QED) is 0.525. The second-order valence-electron chi connectivity index (χ2n) is 7.06. The van der Waals surface area contributed by atoms with Gasteiger partial charge in [0.05, 0.1) is 12.7 Å². The van der Waals surface area contributed by atoms with E-state index in [2.05, 4.69) is 59.5 Å². The highest BCUT2D eigenvalue weighted by atomic mass is 35.5. The molecule has 1 heterocycles. The fourth-order valence-electron chi connectivity index (χ4n) is 3.60. The van der Waals surface area contributed by atoms with Crippen molar-refractivity contribution in [2.75, 3.05) is 18.0 Å². The molecule has 1 unspecified atom stereocenters. The number of nitrogens with zero attached hydrogens (tertiary/aromatic N) is 1. The molecular weight excluding hydrogens is 354 g/mol. The van der Waals surface area contributed by atoms with Gasteiger partial charge in [-0.15, -0.1) is 0 Å². The minimum atomic E-state index is 0.267. The Morgan fingerprint density at radius 2 is 1.56 bits per heavy atom. The molecular formula is C24H24ClNO. The molecule has 3 aromatic rings. The van der Waals surface area contributed by atoms with Crippen molar-refractivity contribution in [3.05, 3.63) is 89.4 Å². The van der Waals surface area contributed by atoms with E-state index in [1.807, 2.05) is 24.3 Å². The first kappa shape index (κ1) is 18.1. The van der Waals surface area contributed by atoms with E-state index >= 15 is 0 Å². The van der Waals surface area contributed by atoms with Crippen molar-refractivity contribution >= 4 is 17.3 Å². The average molecular weight is 378 g/mol. The molecule has 1 atom stereocenters. The summed E-state index contributed by atoms with van der Waals surface area (Å²) >= 11 is 5.95. The monoisotopic (exact) mass is 377 g/mol. The SMILES string of the molecule is Clc1ccc(COC2CCCN(c3ccc(-c4ccccc4)cc3)C2)cc1. The molecule has 1 fully saturated rings. The van der Waals surface area contributed by atoms with Crippen LogP contribution in [0.15, 0.2) is 78.9 Å². The minimum absolute atomic E-state index is 0.267. The lowest BCUT2D eigenvalue weighted by Crippen LogP contribution is -2.39. The highest BCUT2D eigenvalue weighted by Gasteiger charge is 2.20. The van der Waals surface area contributed by atoms with Crippen molar-refractivity contribution in [3.63, 3.8) is 0 Å². The van der Waals surface area contributed by atoms with E-state index < -0.39 is 0 Å². The number of rotatable bonds is 5. The van der Waals surface area contributed by atoms with Gasteiger partial charge in [-0.05, 0) is 53.8 Å². The smallest absolute Gasteiger partial charge is 0.0755 e. The lowest BCUT2D eigenvalue weighted by molar-refractivity contribution is 0.0316. The predicted octanol–water partition coefficient (Wildman–Crippen LogP) is 6.19. The van der Waals surface area contributed by atoms with E-state index in [9.17, 15) is 0 Å². The fourth-order valence-corrected chi connectivity index (χ4v) is 3.72. The number of anilines is 1. The Morgan fingerprint density at radius 1 is 0.852 bits per heavy atom. The molecule has 1 aliphatic heterocycles. The molecule has 2 nitrogen and oxygen atoms in total. The topological polar surface area (TPSA) is 12.5 Å². The number of hydrogen-bond donors (Lipinski definition) is 0. The van der Waals surface area contributed by atoms with Crippen molar-refractivity contribution in [2.45, 2.75) is 25.6 Å². The standard InChI is InChI=1S/C24H24ClNO/c25-22-12-8-19(9-13-22)18-27-24-7-4-16-26(17-24)23-14-10-21(11-15-23)20-5-2-1-3-6-20/h1-3,5-6,8-15,24H,4,7,16-18H2. The van der Waals surface area contributed by atoms with Crippen LogP contribution < -0.4 is 4.90 Å². The third kappa shape index (κ3) is 4.71. The van der Waals surface area contributed by atoms with Crippen LogP contribution in [0, 0.1) is 0 Å². The van der Waals surface area contributed by atoms with Crippen molar-refractivity contribution in [3.8, 4) is 11.1 Å². The van der Waals surface area contributed by atoms with Crippen molar-refractivity contribution in [1.29, 1.82) is 0 Å². The van der Waals surface area contributed by atoms with Gasteiger partial charge in [-0.25, -0.2) is 0 Å². The summed E-state index contributed by atoms with van der Waals surface area (Å²) < 4.78 is 6.17. The molecule has 138 valence electrons. The molecule has 0 amide bonds. The largest absolute Gasteiger partial charge is 0.372 e. The molecule has 4 rings (SSSR count). The van der Waals surface area contributed by atoms with Crippen LogP contribution in [0.1, 0.15) is 18.4 Å². The average Bonchev–Trinajstić information content (AvgIpc) is 2.74. The van der Waals surface area contributed by atoms with Crippen molar-refractivity contribution < 1.29 is 4.74 Å². The molecule has 0 aliphatic carbocycles. The van der Waals surface area contributed by atoms with Gasteiger partial charge in [0.1, 0.15) is 0 Å². The maximum absolute atomic E-state index is 6.17. The van der Waals surface area contributed by atoms with Gasteiger partial charge in [-0.1, -0.05) is 66.2 Å². The summed E-state index contributed by atoms with van der Waals surface area (Å²) in [7, 11) is 0. The predicted molar refractivity (Wildman–Crippen MR) is 113 cm³/mol. The Labute approximate surface area is 166 Å². The number of halogens is 1. The van der Waals surface area contributed by atoms with Crippen LogP contribution in [-0.2, 0) is 11.3 Å². The zero-order chi connectivity index (χ0) is 18.5. The van der Waals surface area contributed by atoms with Crippen LogP contribution >= 0.6 is 11.6 Å². The molecule has 0 N–H and O–H groups in total. The summed E-state index contributed by atoms with van der Waals surface area (Å²) in [6.07, 6.45) is 2.54. The number of ether oxygens (including phenoxy) is 1. The summed E-state index contributed by atoms with van der Waals surface area (Å²) in [4.78, 5) is 2.44. The van der Waals surface area contributed by atoms with E-state index in [4.69, 9.17) is 16.3 Å². The molecule has 1 aliphatic rings. The maximum atomic E-state index is 6.17. The third-order valence-corrected chi connectivity index (χ3v) is 5.37. The van der Waals surface area contributed by atoms with E-state index in [1.165, 1.54) is 22.4 Å². The first-order chi connectivity index (χ1) is 13.3. The Balaban J connectivity index is 1.37. The minimum Gasteiger partial charge on any atom is -0.372 e. The number of piperidine rings is 1. The van der Waals surface area contributed by atoms with Crippen LogP contribution in [0.4, 0.5) is 5.69 Å². The summed E-state index contributed by atoms with van der Waals surface area (Å²) in [5, 5.41) is 0.765. The molecule has 0 aromatic heterocycles. The number of hydrogen-bond acceptors (Lipinski definition) is 2. The van der Waals surface area contributed by atoms with Gasteiger partial charge in [0, 0.05) is 23.8 Å². The van der Waals surface area contributed by atoms with Crippen LogP contribution in [0.25, 0.3) is 11.1 Å². The second kappa shape index (κ2) is 8.60. The van der Waals surface area contributed by atoms with E-state index in [-0.39, 0.29) is 6.10 Å². The highest BCUT2D eigenvalue weighted by molar-refractivity contribution is 6.30. The van der Waals surface area contributed by atoms with E-state index in [1.54, 1.807) is 0 Å². The Morgan fingerprint density at radius 3 is 2.30 bits per heavy atom. The molecule has 1 saturated heterocycles. The first-order valence-corrected chi connectivity index (χ1v) is 9.92. The highest BCUT2D eigenvalue weighted by Crippen LogP contribution is 2.26. The molecule has 3 aromatic carbocycles. The summed E-state index contributed by atoms with van der Waals surface area (Å²) in [6, 6.07) is 27.3. The van der Waals surface area contributed by atoms with Gasteiger partial charge in [0.15, 0.2) is 0 Å². The second-order valence-corrected chi connectivity index (χ2v) is 7.50. The van der Waals surface area contributed by atoms with Gasteiger partial charge in [-0.3, -0.25) is 0 Å². The van der Waals surface area contributed by atoms with Gasteiger partial charge in [-0.2, -0.15) is 0 Å². The number of benzene rings is 3. The Bertz CT molecular complexity index is 846. The Kier molecular flexibility index (Phi) is 5.76. The zero-order valence-corrected chi connectivity index (χ0v) is 16.1. The van der Waals surface area contributed by atoms with Crippen LogP contribution in [-0.4, -0.2) is 19.2 Å². The molecule has 27 heavy (non-hydrogen) atoms. The van der Waals surface area contributed by atoms with Crippen LogP contribution in [0.5, 0.6) is 0 Å². The third-order valence-electron chi connectivity index (χ3n) is 5.12. The van der Waals surface area contributed by atoms with Gasteiger partial charge < -0.3 is 9.64 Å². The lowest BCUT2D eigenvalue weighted by Gasteiger charge is -2.34. The van der Waals surface area contributed by atoms with Crippen molar-refractivity contribution in [1.82, 2.24) is 0 Å². The van der Waals surface area contributed by atoms with Gasteiger partial charge in [0.25, 0.3) is 0 Å². The Hall–Kier alpha value is -2.29. The van der Waals surface area contributed by atoms with E-state index in [0.29, 0.717) is 6.61 Å². The first-order valence-electron chi connectivity index (χ1n) is 9.54. The zero-order valence-electron chi connectivity index (χ0n) is 15.4. The summed E-state index contributed by atoms with van der Waals surface area (Å²) in [6.45, 7) is 2.67. The van der Waals surface area contributed by atoms with Crippen LogP contribution in [0.3, 0.4) is 0 Å². The maximum Gasteiger partial charge on any atom is 0.0755 e. The molecule has 0 bridgehead atoms. The fraction of sp³-hybridized carbons (Fsp3) is 0.250. The molecule has 0 radical (unpaired) electrons. The normalized spacial score (nSPS) is 17.1. The summed E-state index contributed by atoms with van der Waals surface area (Å²) in [5.41, 5.74) is 4.96. The van der Waals surface area contributed by atoms with E-state index in [0.717, 1.165) is 31.0 Å². The molecule has 3 heteroatoms. The van der Waals surface area contributed by atoms with Gasteiger partial charge in [0.2, 0.25) is 0 Å². The summed E-state index contributed by atoms with van der Waals surface area (Å²) in [5.74, 6) is 0. The van der Waals surface area contributed by atoms with Crippen molar-refractivity contribution in [2.24, 2.45) is 0 Å². The lowest BCUT2D eigenvalue weighted by atomic mass is 10.0. The van der Waals surface area contributed by atoms with Gasteiger partial charge >= 0.3 is 0 Å². The molecule has 0 saturated carbocycles.